The molecule has 1 unspecified atom stereocenters. The Balaban J connectivity index is 1.79. The fraction of sp³-hybridized carbons (Fsp3) is 0.375. The topological polar surface area (TPSA) is 53.4 Å². The molecule has 0 saturated heterocycles. The van der Waals surface area contributed by atoms with E-state index in [4.69, 9.17) is 11.6 Å². The van der Waals surface area contributed by atoms with Crippen molar-refractivity contribution in [3.8, 4) is 11.3 Å². The zero-order valence-electron chi connectivity index (χ0n) is 12.2. The van der Waals surface area contributed by atoms with E-state index in [-0.39, 0.29) is 0 Å². The number of aromatic nitrogens is 1. The van der Waals surface area contributed by atoms with Crippen molar-refractivity contribution in [3.05, 3.63) is 39.7 Å². The quantitative estimate of drug-likeness (QED) is 0.869. The number of rotatable bonds is 6. The van der Waals surface area contributed by atoms with E-state index in [1.54, 1.807) is 18.3 Å². The highest BCUT2D eigenvalue weighted by atomic mass is 35.5. The molecule has 0 amide bonds. The minimum atomic E-state index is -0.783. The normalized spacial score (nSPS) is 16.0. The van der Waals surface area contributed by atoms with Gasteiger partial charge in [-0.25, -0.2) is 4.98 Å². The van der Waals surface area contributed by atoms with Gasteiger partial charge in [0, 0.05) is 22.0 Å². The molecule has 1 aliphatic rings. The summed E-state index contributed by atoms with van der Waals surface area (Å²) in [4.78, 5) is 17.9. The number of carbonyl (C=O) groups is 1. The molecule has 22 heavy (non-hydrogen) atoms. The van der Waals surface area contributed by atoms with Crippen LogP contribution >= 0.6 is 22.9 Å². The molecule has 1 aliphatic carbocycles. The number of hydrogen-bond donors (Lipinski definition) is 1. The van der Waals surface area contributed by atoms with Gasteiger partial charge in [-0.2, -0.15) is 0 Å². The van der Waals surface area contributed by atoms with Crippen molar-refractivity contribution in [2.24, 2.45) is 0 Å². The van der Waals surface area contributed by atoms with Crippen molar-refractivity contribution >= 4 is 28.9 Å². The van der Waals surface area contributed by atoms with Crippen molar-refractivity contribution in [1.82, 2.24) is 9.88 Å². The van der Waals surface area contributed by atoms with Crippen molar-refractivity contribution in [3.63, 3.8) is 0 Å². The van der Waals surface area contributed by atoms with E-state index in [1.165, 1.54) is 0 Å². The molecule has 1 fully saturated rings. The molecular weight excluding hydrogens is 320 g/mol. The number of halogens is 1. The van der Waals surface area contributed by atoms with Gasteiger partial charge in [0.2, 0.25) is 0 Å². The molecule has 1 aromatic carbocycles. The lowest BCUT2D eigenvalue weighted by atomic mass is 10.2. The first kappa shape index (κ1) is 15.5. The number of carboxylic acid groups (broad SMARTS) is 1. The maximum Gasteiger partial charge on any atom is 0.320 e. The van der Waals surface area contributed by atoms with E-state index in [0.29, 0.717) is 17.6 Å². The van der Waals surface area contributed by atoms with Crippen LogP contribution in [0, 0.1) is 0 Å². The lowest BCUT2D eigenvalue weighted by Crippen LogP contribution is -2.39. The Kier molecular flexibility index (Phi) is 4.47. The molecule has 1 N–H and O–H groups in total. The average Bonchev–Trinajstić information content (AvgIpc) is 3.23. The zero-order chi connectivity index (χ0) is 15.7. The standard InChI is InChI=1S/C16H17ClN2O2S/c1-10(16(20)21)19(11-6-7-11)8-15-18-14(9-22-15)12-4-2-3-5-13(12)17/h2-5,9-11H,6-8H2,1H3,(H,20,21). The minimum absolute atomic E-state index is 0.374. The highest BCUT2D eigenvalue weighted by Crippen LogP contribution is 2.33. The second-order valence-corrected chi connectivity index (χ2v) is 6.87. The third-order valence-electron chi connectivity index (χ3n) is 3.89. The number of nitrogens with zero attached hydrogens (tertiary/aromatic N) is 2. The first-order valence-corrected chi connectivity index (χ1v) is 8.50. The van der Waals surface area contributed by atoms with Crippen molar-refractivity contribution in [2.75, 3.05) is 0 Å². The number of carboxylic acids is 1. The van der Waals surface area contributed by atoms with E-state index in [9.17, 15) is 9.90 Å². The summed E-state index contributed by atoms with van der Waals surface area (Å²) in [6, 6.07) is 7.50. The Labute approximate surface area is 138 Å². The van der Waals surface area contributed by atoms with Crippen LogP contribution < -0.4 is 0 Å². The number of thiazole rings is 1. The zero-order valence-corrected chi connectivity index (χ0v) is 13.8. The van der Waals surface area contributed by atoms with E-state index in [0.717, 1.165) is 29.1 Å². The molecule has 3 rings (SSSR count). The van der Waals surface area contributed by atoms with Gasteiger partial charge in [-0.05, 0) is 25.8 Å². The van der Waals surface area contributed by atoms with Gasteiger partial charge < -0.3 is 5.11 Å². The fourth-order valence-electron chi connectivity index (χ4n) is 2.46. The Bertz CT molecular complexity index is 684. The first-order chi connectivity index (χ1) is 10.6. The molecule has 0 radical (unpaired) electrons. The third-order valence-corrected chi connectivity index (χ3v) is 5.05. The second kappa shape index (κ2) is 6.36. The molecular formula is C16H17ClN2O2S. The van der Waals surface area contributed by atoms with Crippen LogP contribution in [0.15, 0.2) is 29.6 Å². The maximum atomic E-state index is 11.3. The van der Waals surface area contributed by atoms with Crippen molar-refractivity contribution in [2.45, 2.75) is 38.4 Å². The van der Waals surface area contributed by atoms with Crippen molar-refractivity contribution < 1.29 is 9.90 Å². The minimum Gasteiger partial charge on any atom is -0.480 e. The van der Waals surface area contributed by atoms with Gasteiger partial charge >= 0.3 is 5.97 Å². The smallest absolute Gasteiger partial charge is 0.320 e. The third kappa shape index (κ3) is 3.32. The molecule has 0 aliphatic heterocycles. The van der Waals surface area contributed by atoms with Crippen molar-refractivity contribution in [1.29, 1.82) is 0 Å². The lowest BCUT2D eigenvalue weighted by Gasteiger charge is -2.24. The van der Waals surface area contributed by atoms with Crippen LogP contribution in [-0.4, -0.2) is 33.0 Å². The molecule has 1 heterocycles. The summed E-state index contributed by atoms with van der Waals surface area (Å²) in [5.74, 6) is -0.783. The molecule has 1 saturated carbocycles. The average molecular weight is 337 g/mol. The predicted octanol–water partition coefficient (Wildman–Crippen LogP) is 3.90. The van der Waals surface area contributed by atoms with Gasteiger partial charge in [0.25, 0.3) is 0 Å². The lowest BCUT2D eigenvalue weighted by molar-refractivity contribution is -0.143. The van der Waals surface area contributed by atoms with Gasteiger partial charge in [-0.3, -0.25) is 9.69 Å². The van der Waals surface area contributed by atoms with E-state index < -0.39 is 12.0 Å². The van der Waals surface area contributed by atoms with Gasteiger partial charge in [-0.1, -0.05) is 29.8 Å². The molecule has 4 nitrogen and oxygen atoms in total. The molecule has 2 aromatic rings. The Morgan fingerprint density at radius 3 is 2.86 bits per heavy atom. The molecule has 116 valence electrons. The Morgan fingerprint density at radius 1 is 1.50 bits per heavy atom. The van der Waals surface area contributed by atoms with Crippen LogP contribution in [0.25, 0.3) is 11.3 Å². The van der Waals surface area contributed by atoms with Crippen LogP contribution in [0.1, 0.15) is 24.8 Å². The number of benzene rings is 1. The monoisotopic (exact) mass is 336 g/mol. The predicted molar refractivity (Wildman–Crippen MR) is 88.2 cm³/mol. The Hall–Kier alpha value is -1.43. The van der Waals surface area contributed by atoms with Crippen LogP contribution in [0.3, 0.4) is 0 Å². The highest BCUT2D eigenvalue weighted by Gasteiger charge is 2.35. The van der Waals surface area contributed by atoms with E-state index in [1.807, 2.05) is 34.5 Å². The van der Waals surface area contributed by atoms with E-state index in [2.05, 4.69) is 4.98 Å². The van der Waals surface area contributed by atoms with Crippen LogP contribution in [0.4, 0.5) is 0 Å². The number of aliphatic carboxylic acids is 1. The summed E-state index contributed by atoms with van der Waals surface area (Å²) in [6.07, 6.45) is 2.14. The van der Waals surface area contributed by atoms with Gasteiger partial charge in [0.1, 0.15) is 11.0 Å². The summed E-state index contributed by atoms with van der Waals surface area (Å²) < 4.78 is 0. The first-order valence-electron chi connectivity index (χ1n) is 7.24. The molecule has 0 spiro atoms. The largest absolute Gasteiger partial charge is 0.480 e. The second-order valence-electron chi connectivity index (χ2n) is 5.52. The summed E-state index contributed by atoms with van der Waals surface area (Å²) >= 11 is 7.75. The summed E-state index contributed by atoms with van der Waals surface area (Å²) in [5.41, 5.74) is 1.76. The Morgan fingerprint density at radius 2 is 2.23 bits per heavy atom. The summed E-state index contributed by atoms with van der Waals surface area (Å²) in [6.45, 7) is 2.32. The van der Waals surface area contributed by atoms with Gasteiger partial charge in [0.15, 0.2) is 0 Å². The molecule has 6 heteroatoms. The van der Waals surface area contributed by atoms with Gasteiger partial charge in [0.05, 0.1) is 12.2 Å². The van der Waals surface area contributed by atoms with Crippen LogP contribution in [0.2, 0.25) is 5.02 Å². The fourth-order valence-corrected chi connectivity index (χ4v) is 3.50. The molecule has 1 atom stereocenters. The highest BCUT2D eigenvalue weighted by molar-refractivity contribution is 7.09. The molecule has 0 bridgehead atoms. The van der Waals surface area contributed by atoms with E-state index >= 15 is 0 Å². The SMILES string of the molecule is CC(C(=O)O)N(Cc1nc(-c2ccccc2Cl)cs1)C1CC1. The molecule has 1 aromatic heterocycles. The maximum absolute atomic E-state index is 11.3. The summed E-state index contributed by atoms with van der Waals surface area (Å²) in [7, 11) is 0. The number of hydrogen-bond acceptors (Lipinski definition) is 4. The van der Waals surface area contributed by atoms with Gasteiger partial charge in [-0.15, -0.1) is 11.3 Å². The summed E-state index contributed by atoms with van der Waals surface area (Å²) in [5, 5.41) is 12.8. The van der Waals surface area contributed by atoms with Crippen LogP contribution in [-0.2, 0) is 11.3 Å². The van der Waals surface area contributed by atoms with Crippen LogP contribution in [0.5, 0.6) is 0 Å².